The first-order chi connectivity index (χ1) is 6.18. The topological polar surface area (TPSA) is 9.23 Å². The number of alkyl halides is 2. The van der Waals surface area contributed by atoms with Gasteiger partial charge in [0.15, 0.2) is 0 Å². The zero-order chi connectivity index (χ0) is 9.42. The molecule has 0 spiro atoms. The average molecular weight is 184 g/mol. The van der Waals surface area contributed by atoms with Crippen molar-refractivity contribution in [2.45, 2.75) is 19.3 Å². The predicted octanol–water partition coefficient (Wildman–Crippen LogP) is 2.74. The van der Waals surface area contributed by atoms with E-state index in [2.05, 4.69) is 0 Å². The second kappa shape index (κ2) is 2.98. The van der Waals surface area contributed by atoms with Gasteiger partial charge in [-0.3, -0.25) is 0 Å². The van der Waals surface area contributed by atoms with Crippen LogP contribution >= 0.6 is 0 Å². The maximum atomic E-state index is 12.5. The van der Waals surface area contributed by atoms with Crippen molar-refractivity contribution in [1.29, 1.82) is 0 Å². The molecule has 0 aromatic heterocycles. The number of ether oxygens (including phenoxy) is 1. The number of aryl methyl sites for hydroxylation is 1. The van der Waals surface area contributed by atoms with E-state index < -0.39 is 12.3 Å². The van der Waals surface area contributed by atoms with E-state index in [0.29, 0.717) is 11.3 Å². The van der Waals surface area contributed by atoms with Crippen molar-refractivity contribution in [3.8, 4) is 5.75 Å². The van der Waals surface area contributed by atoms with E-state index in [1.807, 2.05) is 13.0 Å². The van der Waals surface area contributed by atoms with Gasteiger partial charge in [0.05, 0.1) is 5.92 Å². The number of halogens is 2. The van der Waals surface area contributed by atoms with Gasteiger partial charge >= 0.3 is 0 Å². The molecule has 0 N–H and O–H groups in total. The van der Waals surface area contributed by atoms with Gasteiger partial charge in [0.25, 0.3) is 0 Å². The summed E-state index contributed by atoms with van der Waals surface area (Å²) in [4.78, 5) is 0. The Labute approximate surface area is 75.3 Å². The van der Waals surface area contributed by atoms with E-state index >= 15 is 0 Å². The zero-order valence-corrected chi connectivity index (χ0v) is 7.26. The summed E-state index contributed by atoms with van der Waals surface area (Å²) >= 11 is 0. The molecule has 70 valence electrons. The molecule has 1 aliphatic heterocycles. The van der Waals surface area contributed by atoms with Crippen LogP contribution in [0.1, 0.15) is 17.0 Å². The van der Waals surface area contributed by atoms with Crippen LogP contribution in [0.3, 0.4) is 0 Å². The van der Waals surface area contributed by atoms with Crippen LogP contribution in [0.4, 0.5) is 8.78 Å². The van der Waals surface area contributed by atoms with Crippen LogP contribution in [0.25, 0.3) is 0 Å². The largest absolute Gasteiger partial charge is 0.492 e. The minimum absolute atomic E-state index is 0.108. The third-order valence-electron chi connectivity index (χ3n) is 2.29. The Bertz CT molecular complexity index is 323. The Kier molecular flexibility index (Phi) is 1.94. The van der Waals surface area contributed by atoms with Gasteiger partial charge in [0.1, 0.15) is 12.4 Å². The summed E-state index contributed by atoms with van der Waals surface area (Å²) in [5, 5.41) is 0. The van der Waals surface area contributed by atoms with E-state index in [1.54, 1.807) is 12.1 Å². The normalized spacial score (nSPS) is 20.2. The standard InChI is InChI=1S/C10H10F2O/c1-6-2-3-9-7(4-6)8(5-13-9)10(11)12/h2-4,8,10H,5H2,1H3/t8-/m1/s1. The molecule has 0 bridgehead atoms. The summed E-state index contributed by atoms with van der Waals surface area (Å²) in [6.45, 7) is 2.00. The van der Waals surface area contributed by atoms with Crippen molar-refractivity contribution in [2.24, 2.45) is 0 Å². The van der Waals surface area contributed by atoms with Gasteiger partial charge in [-0.1, -0.05) is 17.7 Å². The molecule has 0 unspecified atom stereocenters. The highest BCUT2D eigenvalue weighted by Crippen LogP contribution is 2.37. The van der Waals surface area contributed by atoms with Gasteiger partial charge in [0, 0.05) is 5.56 Å². The smallest absolute Gasteiger partial charge is 0.248 e. The molecule has 1 nitrogen and oxygen atoms in total. The Morgan fingerprint density at radius 3 is 2.92 bits per heavy atom. The molecule has 1 aromatic rings. The van der Waals surface area contributed by atoms with E-state index in [4.69, 9.17) is 4.74 Å². The highest BCUT2D eigenvalue weighted by molar-refractivity contribution is 5.42. The van der Waals surface area contributed by atoms with Crippen LogP contribution < -0.4 is 4.74 Å². The molecule has 13 heavy (non-hydrogen) atoms. The first-order valence-electron chi connectivity index (χ1n) is 4.20. The number of hydrogen-bond acceptors (Lipinski definition) is 1. The van der Waals surface area contributed by atoms with E-state index in [-0.39, 0.29) is 6.61 Å². The van der Waals surface area contributed by atoms with Crippen molar-refractivity contribution < 1.29 is 13.5 Å². The van der Waals surface area contributed by atoms with Gasteiger partial charge in [-0.25, -0.2) is 8.78 Å². The summed E-state index contributed by atoms with van der Waals surface area (Å²) in [5.74, 6) is -0.134. The van der Waals surface area contributed by atoms with Crippen molar-refractivity contribution in [2.75, 3.05) is 6.61 Å². The SMILES string of the molecule is Cc1ccc2c(c1)[C@H](C(F)F)CO2. The molecule has 1 atom stereocenters. The molecule has 2 rings (SSSR count). The predicted molar refractivity (Wildman–Crippen MR) is 45.4 cm³/mol. The highest BCUT2D eigenvalue weighted by atomic mass is 19.3. The lowest BCUT2D eigenvalue weighted by Gasteiger charge is -2.06. The fourth-order valence-electron chi connectivity index (χ4n) is 1.57. The first-order valence-corrected chi connectivity index (χ1v) is 4.20. The molecule has 0 amide bonds. The molecule has 3 heteroatoms. The van der Waals surface area contributed by atoms with Crippen molar-refractivity contribution in [3.05, 3.63) is 29.3 Å². The summed E-state index contributed by atoms with van der Waals surface area (Å²) < 4.78 is 30.1. The lowest BCUT2D eigenvalue weighted by molar-refractivity contribution is 0.102. The Morgan fingerprint density at radius 1 is 1.46 bits per heavy atom. The molecule has 0 aliphatic carbocycles. The maximum absolute atomic E-state index is 12.5. The minimum Gasteiger partial charge on any atom is -0.492 e. The van der Waals surface area contributed by atoms with Crippen LogP contribution in [0.5, 0.6) is 5.75 Å². The maximum Gasteiger partial charge on any atom is 0.248 e. The molecular formula is C10H10F2O. The van der Waals surface area contributed by atoms with Crippen LogP contribution in [-0.4, -0.2) is 13.0 Å². The van der Waals surface area contributed by atoms with Crippen LogP contribution in [-0.2, 0) is 0 Å². The van der Waals surface area contributed by atoms with Gasteiger partial charge in [-0.15, -0.1) is 0 Å². The van der Waals surface area contributed by atoms with Crippen LogP contribution in [0, 0.1) is 6.92 Å². The summed E-state index contributed by atoms with van der Waals surface area (Å²) in [6.07, 6.45) is -2.33. The zero-order valence-electron chi connectivity index (χ0n) is 7.26. The van der Waals surface area contributed by atoms with Gasteiger partial charge in [-0.2, -0.15) is 0 Å². The van der Waals surface area contributed by atoms with E-state index in [0.717, 1.165) is 5.56 Å². The number of benzene rings is 1. The van der Waals surface area contributed by atoms with Crippen molar-refractivity contribution >= 4 is 0 Å². The molecule has 0 saturated carbocycles. The van der Waals surface area contributed by atoms with Gasteiger partial charge in [-0.05, 0) is 13.0 Å². The van der Waals surface area contributed by atoms with Crippen LogP contribution in [0.2, 0.25) is 0 Å². The number of fused-ring (bicyclic) bond motifs is 1. The van der Waals surface area contributed by atoms with E-state index in [9.17, 15) is 8.78 Å². The quantitative estimate of drug-likeness (QED) is 0.652. The molecular weight excluding hydrogens is 174 g/mol. The number of hydrogen-bond donors (Lipinski definition) is 0. The fraction of sp³-hybridized carbons (Fsp3) is 0.400. The summed E-state index contributed by atoms with van der Waals surface area (Å²) in [5.41, 5.74) is 1.64. The third-order valence-corrected chi connectivity index (χ3v) is 2.29. The van der Waals surface area contributed by atoms with Crippen molar-refractivity contribution in [3.63, 3.8) is 0 Å². The van der Waals surface area contributed by atoms with Crippen molar-refractivity contribution in [1.82, 2.24) is 0 Å². The second-order valence-electron chi connectivity index (χ2n) is 3.29. The Hall–Kier alpha value is -1.12. The Morgan fingerprint density at radius 2 is 2.23 bits per heavy atom. The minimum atomic E-state index is -2.33. The molecule has 0 saturated heterocycles. The number of rotatable bonds is 1. The Balaban J connectivity index is 2.40. The van der Waals surface area contributed by atoms with E-state index in [1.165, 1.54) is 0 Å². The highest BCUT2D eigenvalue weighted by Gasteiger charge is 2.31. The average Bonchev–Trinajstić information content (AvgIpc) is 2.46. The lowest BCUT2D eigenvalue weighted by atomic mass is 10.0. The molecule has 0 fully saturated rings. The van der Waals surface area contributed by atoms with Gasteiger partial charge < -0.3 is 4.74 Å². The first kappa shape index (κ1) is 8.48. The molecule has 1 aliphatic rings. The molecule has 1 heterocycles. The van der Waals surface area contributed by atoms with Gasteiger partial charge in [0.2, 0.25) is 6.43 Å². The molecule has 0 radical (unpaired) electrons. The summed E-state index contributed by atoms with van der Waals surface area (Å²) in [6, 6.07) is 5.40. The second-order valence-corrected chi connectivity index (χ2v) is 3.29. The lowest BCUT2D eigenvalue weighted by Crippen LogP contribution is -2.10. The summed E-state index contributed by atoms with van der Waals surface area (Å²) in [7, 11) is 0. The fourth-order valence-corrected chi connectivity index (χ4v) is 1.57. The third kappa shape index (κ3) is 1.39. The monoisotopic (exact) mass is 184 g/mol. The van der Waals surface area contributed by atoms with Crippen LogP contribution in [0.15, 0.2) is 18.2 Å². The molecule has 1 aromatic carbocycles.